The van der Waals surface area contributed by atoms with Gasteiger partial charge in [0, 0.05) is 24.7 Å². The second-order valence-corrected chi connectivity index (χ2v) is 10.9. The number of nitrogens with one attached hydrogen (secondary N) is 1. The van der Waals surface area contributed by atoms with Crippen molar-refractivity contribution in [1.29, 1.82) is 0 Å². The number of amides is 1. The van der Waals surface area contributed by atoms with Crippen molar-refractivity contribution in [3.05, 3.63) is 17.5 Å². The van der Waals surface area contributed by atoms with E-state index in [1.807, 2.05) is 0 Å². The molecule has 7 fully saturated rings. The molecule has 5 aliphatic carbocycles. The maximum Gasteiger partial charge on any atom is 0.254 e. The van der Waals surface area contributed by atoms with Crippen LogP contribution in [0.25, 0.3) is 0 Å². The van der Waals surface area contributed by atoms with E-state index in [1.54, 1.807) is 6.20 Å². The normalized spacial score (nSPS) is 43.4. The number of aliphatic hydroxyl groups is 1. The fraction of sp³-hybridized carbons (Fsp3) is 0.783. The van der Waals surface area contributed by atoms with Crippen molar-refractivity contribution in [1.82, 2.24) is 15.3 Å². The molecule has 7 aliphatic rings. The van der Waals surface area contributed by atoms with Crippen LogP contribution >= 0.6 is 0 Å². The molecule has 2 unspecified atom stereocenters. The smallest absolute Gasteiger partial charge is 0.254 e. The van der Waals surface area contributed by atoms with E-state index in [0.717, 1.165) is 76.2 Å². The van der Waals surface area contributed by atoms with Crippen LogP contribution in [-0.4, -0.2) is 57.9 Å². The Balaban J connectivity index is 1.14. The van der Waals surface area contributed by atoms with E-state index in [0.29, 0.717) is 41.4 Å². The lowest BCUT2D eigenvalue weighted by molar-refractivity contribution is -0.136. The lowest BCUT2D eigenvalue weighted by Gasteiger charge is -2.58. The number of fused-ring (bicyclic) bond motifs is 2. The first-order valence-electron chi connectivity index (χ1n) is 11.8. The molecule has 7 nitrogen and oxygen atoms in total. The van der Waals surface area contributed by atoms with Crippen LogP contribution in [0, 0.1) is 17.8 Å². The van der Waals surface area contributed by atoms with Gasteiger partial charge in [-0.1, -0.05) is 0 Å². The quantitative estimate of drug-likeness (QED) is 0.790. The van der Waals surface area contributed by atoms with E-state index in [9.17, 15) is 9.90 Å². The first-order valence-corrected chi connectivity index (χ1v) is 11.8. The molecule has 8 rings (SSSR count). The van der Waals surface area contributed by atoms with E-state index in [-0.39, 0.29) is 11.9 Å². The molecule has 0 spiro atoms. The van der Waals surface area contributed by atoms with Gasteiger partial charge in [0.05, 0.1) is 35.6 Å². The van der Waals surface area contributed by atoms with E-state index in [1.165, 1.54) is 0 Å². The molecule has 6 bridgehead atoms. The van der Waals surface area contributed by atoms with Crippen molar-refractivity contribution >= 4 is 11.9 Å². The number of carbonyl (C=O) groups excluding carboxylic acids is 1. The highest BCUT2D eigenvalue weighted by Gasteiger charge is 2.55. The molecule has 0 aromatic carbocycles. The molecule has 1 aromatic heterocycles. The van der Waals surface area contributed by atoms with Crippen molar-refractivity contribution in [3.8, 4) is 0 Å². The standard InChI is InChI=1S/C23H30N4O3/c28-21(25-19-14-3-12-4-15(19)8-23(29,6-12)7-14)18-9-24-22(26-20(18)13-1-2-13)27-10-17-5-16(27)11-30-17/h9,12-17,19,29H,1-8,10-11H2,(H,25,28)/t12?,14?,15?,16-,17-,19-,23+/m0/s1. The van der Waals surface area contributed by atoms with E-state index in [4.69, 9.17) is 9.72 Å². The second kappa shape index (κ2) is 6.16. The number of ether oxygens (including phenoxy) is 1. The molecule has 1 amide bonds. The zero-order valence-corrected chi connectivity index (χ0v) is 17.3. The molecule has 0 radical (unpaired) electrons. The summed E-state index contributed by atoms with van der Waals surface area (Å²) < 4.78 is 5.71. The average Bonchev–Trinajstić information content (AvgIpc) is 3.35. The third kappa shape index (κ3) is 2.74. The number of nitrogens with zero attached hydrogens (tertiary/aromatic N) is 3. The van der Waals surface area contributed by atoms with Crippen LogP contribution in [-0.2, 0) is 4.74 Å². The third-order valence-electron chi connectivity index (χ3n) is 8.71. The number of morpholine rings is 1. The highest BCUT2D eigenvalue weighted by Crippen LogP contribution is 2.55. The number of carbonyl (C=O) groups is 1. The molecule has 160 valence electrons. The minimum atomic E-state index is -0.472. The van der Waals surface area contributed by atoms with Gasteiger partial charge in [-0.3, -0.25) is 4.79 Å². The highest BCUT2D eigenvalue weighted by atomic mass is 16.5. The predicted octanol–water partition coefficient (Wildman–Crippen LogP) is 2.00. The van der Waals surface area contributed by atoms with Gasteiger partial charge in [-0.15, -0.1) is 0 Å². The molecule has 2 aliphatic heterocycles. The van der Waals surface area contributed by atoms with Gasteiger partial charge >= 0.3 is 0 Å². The minimum Gasteiger partial charge on any atom is -0.390 e. The fourth-order valence-electron chi connectivity index (χ4n) is 7.46. The summed E-state index contributed by atoms with van der Waals surface area (Å²) >= 11 is 0. The molecule has 5 saturated carbocycles. The molecule has 1 aromatic rings. The van der Waals surface area contributed by atoms with Crippen LogP contribution < -0.4 is 10.2 Å². The van der Waals surface area contributed by atoms with Gasteiger partial charge in [-0.2, -0.15) is 0 Å². The van der Waals surface area contributed by atoms with Crippen LogP contribution in [0.2, 0.25) is 0 Å². The lowest BCUT2D eigenvalue weighted by Crippen LogP contribution is -2.61. The van der Waals surface area contributed by atoms with Gasteiger partial charge < -0.3 is 20.1 Å². The molecule has 7 heteroatoms. The summed E-state index contributed by atoms with van der Waals surface area (Å²) in [6, 6.07) is 0.563. The fourth-order valence-corrected chi connectivity index (χ4v) is 7.46. The van der Waals surface area contributed by atoms with Crippen molar-refractivity contribution in [2.24, 2.45) is 17.8 Å². The Bertz CT molecular complexity index is 886. The van der Waals surface area contributed by atoms with Crippen molar-refractivity contribution in [2.45, 2.75) is 81.1 Å². The number of aromatic nitrogens is 2. The summed E-state index contributed by atoms with van der Waals surface area (Å²) in [7, 11) is 0. The van der Waals surface area contributed by atoms with Crippen LogP contribution in [0.3, 0.4) is 0 Å². The summed E-state index contributed by atoms with van der Waals surface area (Å²) in [5.41, 5.74) is 1.12. The molecular weight excluding hydrogens is 380 g/mol. The van der Waals surface area contributed by atoms with E-state index in [2.05, 4.69) is 15.2 Å². The van der Waals surface area contributed by atoms with Crippen molar-refractivity contribution in [2.75, 3.05) is 18.1 Å². The van der Waals surface area contributed by atoms with Crippen LogP contribution in [0.1, 0.15) is 73.3 Å². The van der Waals surface area contributed by atoms with Gasteiger partial charge in [0.15, 0.2) is 0 Å². The van der Waals surface area contributed by atoms with Gasteiger partial charge in [0.25, 0.3) is 5.91 Å². The average molecular weight is 411 g/mol. The maximum absolute atomic E-state index is 13.3. The summed E-state index contributed by atoms with van der Waals surface area (Å²) in [4.78, 5) is 25.1. The molecular formula is C23H30N4O3. The van der Waals surface area contributed by atoms with Gasteiger partial charge in [-0.05, 0) is 69.1 Å². The number of rotatable bonds is 4. The Kier molecular flexibility index (Phi) is 3.68. The zero-order chi connectivity index (χ0) is 20.0. The first-order chi connectivity index (χ1) is 14.5. The Labute approximate surface area is 176 Å². The molecule has 2 N–H and O–H groups in total. The molecule has 30 heavy (non-hydrogen) atoms. The SMILES string of the molecule is O=C(N[C@H]1C2CC3CC1C[C@@](O)(C3)C2)c1cnc(N2C[C@@H]3C[C@H]2CO3)nc1C1CC1. The summed E-state index contributed by atoms with van der Waals surface area (Å²) in [5, 5.41) is 14.2. The van der Waals surface area contributed by atoms with Gasteiger partial charge in [-0.25, -0.2) is 9.97 Å². The van der Waals surface area contributed by atoms with Crippen molar-refractivity contribution in [3.63, 3.8) is 0 Å². The Hall–Kier alpha value is -1.73. The Morgan fingerprint density at radius 2 is 2.00 bits per heavy atom. The Morgan fingerprint density at radius 3 is 2.63 bits per heavy atom. The molecule has 3 heterocycles. The number of hydrogen-bond donors (Lipinski definition) is 2. The van der Waals surface area contributed by atoms with Crippen LogP contribution in [0.5, 0.6) is 0 Å². The number of hydrogen-bond acceptors (Lipinski definition) is 6. The summed E-state index contributed by atoms with van der Waals surface area (Å²) in [5.74, 6) is 2.61. The number of anilines is 1. The maximum atomic E-state index is 13.3. The minimum absolute atomic E-state index is 0.0146. The second-order valence-electron chi connectivity index (χ2n) is 10.9. The van der Waals surface area contributed by atoms with Crippen molar-refractivity contribution < 1.29 is 14.6 Å². The summed E-state index contributed by atoms with van der Waals surface area (Å²) in [6.45, 7) is 1.61. The highest BCUT2D eigenvalue weighted by molar-refractivity contribution is 5.95. The van der Waals surface area contributed by atoms with E-state index < -0.39 is 5.60 Å². The lowest BCUT2D eigenvalue weighted by atomic mass is 9.52. The largest absolute Gasteiger partial charge is 0.390 e. The first kappa shape index (κ1) is 17.9. The van der Waals surface area contributed by atoms with E-state index >= 15 is 0 Å². The molecule has 4 atom stereocenters. The molecule has 2 saturated heterocycles. The van der Waals surface area contributed by atoms with Crippen LogP contribution in [0.15, 0.2) is 6.20 Å². The van der Waals surface area contributed by atoms with Gasteiger partial charge in [0.1, 0.15) is 0 Å². The summed E-state index contributed by atoms with van der Waals surface area (Å²) in [6.07, 6.45) is 10.3. The Morgan fingerprint density at radius 1 is 1.20 bits per heavy atom. The van der Waals surface area contributed by atoms with Crippen LogP contribution in [0.4, 0.5) is 5.95 Å². The monoisotopic (exact) mass is 410 g/mol. The van der Waals surface area contributed by atoms with Gasteiger partial charge in [0.2, 0.25) is 5.95 Å². The zero-order valence-electron chi connectivity index (χ0n) is 17.3. The predicted molar refractivity (Wildman–Crippen MR) is 109 cm³/mol. The topological polar surface area (TPSA) is 87.6 Å². The third-order valence-corrected chi connectivity index (χ3v) is 8.71.